The molecule has 0 saturated carbocycles. The van der Waals surface area contributed by atoms with Crippen LogP contribution in [0.5, 0.6) is 0 Å². The average Bonchev–Trinajstić information content (AvgIpc) is 2.81. The van der Waals surface area contributed by atoms with Crippen LogP contribution in [0, 0.1) is 0 Å². The van der Waals surface area contributed by atoms with Gasteiger partial charge in [-0.15, -0.1) is 0 Å². The minimum absolute atomic E-state index is 0.0812. The van der Waals surface area contributed by atoms with Gasteiger partial charge in [-0.05, 0) is 50.4 Å². The maximum absolute atomic E-state index is 6.09. The summed E-state index contributed by atoms with van der Waals surface area (Å²) in [5.41, 5.74) is 1.11. The number of likely N-dealkylation sites (N-methyl/N-ethyl adjacent to an activating group) is 1. The molecule has 1 aromatic carbocycles. The predicted octanol–water partition coefficient (Wildman–Crippen LogP) is 4.08. The number of benzene rings is 1. The molecule has 2 nitrogen and oxygen atoms in total. The third-order valence-corrected chi connectivity index (χ3v) is 4.60. The second-order valence-electron chi connectivity index (χ2n) is 5.33. The fourth-order valence-electron chi connectivity index (χ4n) is 2.73. The van der Waals surface area contributed by atoms with Crippen molar-refractivity contribution in [3.05, 3.63) is 33.8 Å². The summed E-state index contributed by atoms with van der Waals surface area (Å²) >= 11 is 12.0. The molecule has 1 aromatic rings. The van der Waals surface area contributed by atoms with Gasteiger partial charge in [-0.2, -0.15) is 0 Å². The molecule has 4 heteroatoms. The SMILES string of the molecule is CCNC(Cc1ccc(Cl)c(Cl)c1)C1(C)CCCO1. The first-order chi connectivity index (χ1) is 9.05. The lowest BCUT2D eigenvalue weighted by Gasteiger charge is -2.34. The van der Waals surface area contributed by atoms with Gasteiger partial charge in [-0.25, -0.2) is 0 Å². The van der Waals surface area contributed by atoms with E-state index in [1.165, 1.54) is 5.56 Å². The van der Waals surface area contributed by atoms with Crippen molar-refractivity contribution in [3.8, 4) is 0 Å². The molecule has 1 saturated heterocycles. The topological polar surface area (TPSA) is 21.3 Å². The molecule has 106 valence electrons. The molecule has 0 radical (unpaired) electrons. The molecule has 0 amide bonds. The molecule has 0 aromatic heterocycles. The van der Waals surface area contributed by atoms with E-state index in [2.05, 4.69) is 19.2 Å². The monoisotopic (exact) mass is 301 g/mol. The number of ether oxygens (including phenoxy) is 1. The van der Waals surface area contributed by atoms with E-state index in [4.69, 9.17) is 27.9 Å². The fraction of sp³-hybridized carbons (Fsp3) is 0.600. The Bertz CT molecular complexity index is 430. The van der Waals surface area contributed by atoms with Crippen LogP contribution in [0.2, 0.25) is 10.0 Å². The van der Waals surface area contributed by atoms with Crippen molar-refractivity contribution in [2.24, 2.45) is 0 Å². The lowest BCUT2D eigenvalue weighted by Crippen LogP contribution is -2.49. The Kier molecular flexibility index (Phi) is 5.13. The highest BCUT2D eigenvalue weighted by Gasteiger charge is 2.37. The number of rotatable bonds is 5. The van der Waals surface area contributed by atoms with Crippen molar-refractivity contribution >= 4 is 23.2 Å². The lowest BCUT2D eigenvalue weighted by molar-refractivity contribution is -0.0110. The van der Waals surface area contributed by atoms with Gasteiger partial charge >= 0.3 is 0 Å². The van der Waals surface area contributed by atoms with Gasteiger partial charge in [0, 0.05) is 12.6 Å². The summed E-state index contributed by atoms with van der Waals surface area (Å²) in [6, 6.07) is 6.15. The van der Waals surface area contributed by atoms with E-state index in [-0.39, 0.29) is 5.60 Å². The second-order valence-corrected chi connectivity index (χ2v) is 6.14. The molecule has 2 atom stereocenters. The van der Waals surface area contributed by atoms with Crippen LogP contribution >= 0.6 is 23.2 Å². The van der Waals surface area contributed by atoms with Crippen molar-refractivity contribution in [3.63, 3.8) is 0 Å². The van der Waals surface area contributed by atoms with Crippen LogP contribution in [0.3, 0.4) is 0 Å². The molecular formula is C15H21Cl2NO. The van der Waals surface area contributed by atoms with Gasteiger partial charge in [0.1, 0.15) is 0 Å². The average molecular weight is 302 g/mol. The quantitative estimate of drug-likeness (QED) is 0.885. The number of hydrogen-bond donors (Lipinski definition) is 1. The zero-order valence-corrected chi connectivity index (χ0v) is 13.0. The third kappa shape index (κ3) is 3.63. The van der Waals surface area contributed by atoms with Crippen LogP contribution < -0.4 is 5.32 Å². The molecule has 1 N–H and O–H groups in total. The summed E-state index contributed by atoms with van der Waals surface area (Å²) in [6.07, 6.45) is 3.15. The minimum atomic E-state index is -0.0812. The number of nitrogens with one attached hydrogen (secondary N) is 1. The van der Waals surface area contributed by atoms with E-state index in [1.54, 1.807) is 0 Å². The van der Waals surface area contributed by atoms with Gasteiger partial charge in [0.15, 0.2) is 0 Å². The van der Waals surface area contributed by atoms with Crippen LogP contribution in [0.4, 0.5) is 0 Å². The van der Waals surface area contributed by atoms with Crippen molar-refractivity contribution < 1.29 is 4.74 Å². The van der Waals surface area contributed by atoms with Gasteiger partial charge in [0.05, 0.1) is 15.6 Å². The van der Waals surface area contributed by atoms with Crippen molar-refractivity contribution in [2.75, 3.05) is 13.2 Å². The predicted molar refractivity (Wildman–Crippen MR) is 81.2 cm³/mol. The summed E-state index contributed by atoms with van der Waals surface area (Å²) in [5.74, 6) is 0. The highest BCUT2D eigenvalue weighted by molar-refractivity contribution is 6.42. The molecular weight excluding hydrogens is 281 g/mol. The van der Waals surface area contributed by atoms with Gasteiger partial charge in [-0.3, -0.25) is 0 Å². The summed E-state index contributed by atoms with van der Waals surface area (Å²) in [4.78, 5) is 0. The highest BCUT2D eigenvalue weighted by Crippen LogP contribution is 2.31. The van der Waals surface area contributed by atoms with Crippen molar-refractivity contribution in [1.82, 2.24) is 5.32 Å². The zero-order valence-electron chi connectivity index (χ0n) is 11.5. The molecule has 0 aliphatic carbocycles. The molecule has 19 heavy (non-hydrogen) atoms. The van der Waals surface area contributed by atoms with Gasteiger partial charge < -0.3 is 10.1 Å². The van der Waals surface area contributed by atoms with Crippen LogP contribution in [0.15, 0.2) is 18.2 Å². The van der Waals surface area contributed by atoms with E-state index in [9.17, 15) is 0 Å². The molecule has 2 unspecified atom stereocenters. The zero-order chi connectivity index (χ0) is 13.9. The Hall–Kier alpha value is -0.280. The van der Waals surface area contributed by atoms with Gasteiger partial charge in [0.2, 0.25) is 0 Å². The van der Waals surface area contributed by atoms with E-state index >= 15 is 0 Å². The summed E-state index contributed by atoms with van der Waals surface area (Å²) in [5, 5.41) is 4.77. The Balaban J connectivity index is 2.13. The van der Waals surface area contributed by atoms with E-state index in [0.29, 0.717) is 16.1 Å². The number of hydrogen-bond acceptors (Lipinski definition) is 2. The molecule has 1 fully saturated rings. The Labute approximate surface area is 125 Å². The van der Waals surface area contributed by atoms with Crippen molar-refractivity contribution in [2.45, 2.75) is 44.8 Å². The van der Waals surface area contributed by atoms with Gasteiger partial charge in [-0.1, -0.05) is 36.2 Å². The minimum Gasteiger partial charge on any atom is -0.374 e. The number of halogens is 2. The van der Waals surface area contributed by atoms with Crippen LogP contribution in [0.1, 0.15) is 32.3 Å². The highest BCUT2D eigenvalue weighted by atomic mass is 35.5. The first-order valence-electron chi connectivity index (χ1n) is 6.86. The smallest absolute Gasteiger partial charge is 0.0810 e. The first kappa shape index (κ1) is 15.1. The van der Waals surface area contributed by atoms with E-state index in [1.807, 2.05) is 18.2 Å². The molecule has 2 rings (SSSR count). The van der Waals surface area contributed by atoms with Gasteiger partial charge in [0.25, 0.3) is 0 Å². The third-order valence-electron chi connectivity index (χ3n) is 3.86. The summed E-state index contributed by atoms with van der Waals surface area (Å²) in [6.45, 7) is 6.12. The molecule has 1 heterocycles. The van der Waals surface area contributed by atoms with E-state index < -0.39 is 0 Å². The molecule has 1 aliphatic heterocycles. The van der Waals surface area contributed by atoms with Crippen LogP contribution in [-0.4, -0.2) is 24.8 Å². The lowest BCUT2D eigenvalue weighted by atomic mass is 9.88. The summed E-state index contributed by atoms with van der Waals surface area (Å²) in [7, 11) is 0. The fourth-order valence-corrected chi connectivity index (χ4v) is 3.05. The standard InChI is InChI=1S/C15H21Cl2NO/c1-3-18-14(15(2)7-4-8-19-15)10-11-5-6-12(16)13(17)9-11/h5-6,9,14,18H,3-4,7-8,10H2,1-2H3. The Morgan fingerprint density at radius 1 is 1.37 bits per heavy atom. The van der Waals surface area contributed by atoms with E-state index in [0.717, 1.165) is 32.4 Å². The second kappa shape index (κ2) is 6.45. The Morgan fingerprint density at radius 3 is 2.74 bits per heavy atom. The Morgan fingerprint density at radius 2 is 2.16 bits per heavy atom. The molecule has 0 spiro atoms. The maximum atomic E-state index is 6.09. The normalized spacial score (nSPS) is 24.6. The van der Waals surface area contributed by atoms with Crippen LogP contribution in [-0.2, 0) is 11.2 Å². The van der Waals surface area contributed by atoms with Crippen molar-refractivity contribution in [1.29, 1.82) is 0 Å². The largest absolute Gasteiger partial charge is 0.374 e. The molecule has 0 bridgehead atoms. The molecule has 1 aliphatic rings. The van der Waals surface area contributed by atoms with Crippen LogP contribution in [0.25, 0.3) is 0 Å². The first-order valence-corrected chi connectivity index (χ1v) is 7.62. The maximum Gasteiger partial charge on any atom is 0.0810 e. The summed E-state index contributed by atoms with van der Waals surface area (Å²) < 4.78 is 5.96.